The van der Waals surface area contributed by atoms with Crippen LogP contribution >= 0.6 is 0 Å². The Morgan fingerprint density at radius 3 is 2.28 bits per heavy atom. The minimum atomic E-state index is -0.955. The van der Waals surface area contributed by atoms with E-state index in [1.165, 1.54) is 6.42 Å². The van der Waals surface area contributed by atoms with E-state index >= 15 is 0 Å². The van der Waals surface area contributed by atoms with Gasteiger partial charge in [0.1, 0.15) is 0 Å². The first kappa shape index (κ1) is 17.0. The lowest BCUT2D eigenvalue weighted by Crippen LogP contribution is -2.41. The summed E-state index contributed by atoms with van der Waals surface area (Å²) in [6, 6.07) is 16.4. The molecule has 0 saturated heterocycles. The number of carbonyl (C=O) groups excluding carboxylic acids is 1. The second kappa shape index (κ2) is 7.83. The molecule has 0 aliphatic heterocycles. The van der Waals surface area contributed by atoms with Gasteiger partial charge in [-0.3, -0.25) is 0 Å². The molecule has 2 aromatic carbocycles. The largest absolute Gasteiger partial charge is 0.478 e. The molecule has 5 heteroatoms. The number of amides is 2. The number of carboxylic acids is 1. The first-order valence-electron chi connectivity index (χ1n) is 8.55. The third kappa shape index (κ3) is 4.38. The average Bonchev–Trinajstić information content (AvgIpc) is 2.59. The van der Waals surface area contributed by atoms with Crippen molar-refractivity contribution >= 4 is 12.0 Å². The summed E-state index contributed by atoms with van der Waals surface area (Å²) in [5, 5.41) is 14.8. The molecule has 5 nitrogen and oxygen atoms in total. The van der Waals surface area contributed by atoms with Crippen LogP contribution in [-0.2, 0) is 6.54 Å². The molecule has 1 unspecified atom stereocenters. The number of aromatic carboxylic acids is 1. The van der Waals surface area contributed by atoms with Crippen molar-refractivity contribution in [2.24, 2.45) is 5.92 Å². The maximum atomic E-state index is 12.3. The molecule has 1 aliphatic carbocycles. The fourth-order valence-corrected chi connectivity index (χ4v) is 3.05. The molecular weight excluding hydrogens is 316 g/mol. The van der Waals surface area contributed by atoms with Crippen LogP contribution in [0.4, 0.5) is 4.79 Å². The smallest absolute Gasteiger partial charge is 0.335 e. The lowest BCUT2D eigenvalue weighted by Gasteiger charge is -2.34. The van der Waals surface area contributed by atoms with Gasteiger partial charge in [0.25, 0.3) is 0 Å². The molecule has 0 bridgehead atoms. The number of carbonyl (C=O) groups is 2. The van der Waals surface area contributed by atoms with Gasteiger partial charge in [-0.05, 0) is 42.0 Å². The fourth-order valence-electron chi connectivity index (χ4n) is 3.05. The Morgan fingerprint density at radius 1 is 1.04 bits per heavy atom. The summed E-state index contributed by atoms with van der Waals surface area (Å²) in [4.78, 5) is 23.2. The van der Waals surface area contributed by atoms with Gasteiger partial charge >= 0.3 is 12.0 Å². The average molecular weight is 338 g/mol. The van der Waals surface area contributed by atoms with Crippen LogP contribution in [0.5, 0.6) is 0 Å². The molecule has 0 aromatic heterocycles. The fraction of sp³-hybridized carbons (Fsp3) is 0.300. The van der Waals surface area contributed by atoms with E-state index in [9.17, 15) is 9.59 Å². The Balaban J connectivity index is 1.57. The SMILES string of the molecule is O=C(NCc1ccc(C(=O)O)cc1)NC(c1ccccc1)C1CCC1. The first-order chi connectivity index (χ1) is 12.1. The highest BCUT2D eigenvalue weighted by Gasteiger charge is 2.29. The van der Waals surface area contributed by atoms with Gasteiger partial charge in [-0.25, -0.2) is 9.59 Å². The van der Waals surface area contributed by atoms with Crippen molar-refractivity contribution < 1.29 is 14.7 Å². The molecule has 0 spiro atoms. The number of carboxylic acid groups (broad SMARTS) is 1. The van der Waals surface area contributed by atoms with Gasteiger partial charge in [0.05, 0.1) is 11.6 Å². The summed E-state index contributed by atoms with van der Waals surface area (Å²) in [6.45, 7) is 0.359. The monoisotopic (exact) mass is 338 g/mol. The Labute approximate surface area is 147 Å². The normalized spacial score (nSPS) is 15.0. The van der Waals surface area contributed by atoms with Gasteiger partial charge in [0.2, 0.25) is 0 Å². The van der Waals surface area contributed by atoms with Gasteiger partial charge < -0.3 is 15.7 Å². The second-order valence-electron chi connectivity index (χ2n) is 6.41. The molecule has 130 valence electrons. The number of hydrogen-bond donors (Lipinski definition) is 3. The van der Waals surface area contributed by atoms with Crippen LogP contribution in [-0.4, -0.2) is 17.1 Å². The molecule has 3 N–H and O–H groups in total. The van der Waals surface area contributed by atoms with E-state index in [1.807, 2.05) is 30.3 Å². The lowest BCUT2D eigenvalue weighted by atomic mass is 9.77. The molecule has 1 saturated carbocycles. The van der Waals surface area contributed by atoms with Crippen LogP contribution in [0.2, 0.25) is 0 Å². The molecule has 2 aromatic rings. The topological polar surface area (TPSA) is 78.4 Å². The predicted molar refractivity (Wildman–Crippen MR) is 95.3 cm³/mol. The molecule has 1 atom stereocenters. The van der Waals surface area contributed by atoms with Crippen molar-refractivity contribution in [3.8, 4) is 0 Å². The van der Waals surface area contributed by atoms with E-state index in [-0.39, 0.29) is 17.6 Å². The molecule has 0 radical (unpaired) electrons. The number of urea groups is 1. The zero-order valence-corrected chi connectivity index (χ0v) is 13.9. The zero-order chi connectivity index (χ0) is 17.6. The maximum Gasteiger partial charge on any atom is 0.335 e. The molecule has 25 heavy (non-hydrogen) atoms. The van der Waals surface area contributed by atoms with Crippen LogP contribution in [0.3, 0.4) is 0 Å². The molecule has 3 rings (SSSR count). The van der Waals surface area contributed by atoms with Crippen LogP contribution in [0.25, 0.3) is 0 Å². The summed E-state index contributed by atoms with van der Waals surface area (Å²) < 4.78 is 0. The van der Waals surface area contributed by atoms with Crippen LogP contribution in [0.1, 0.15) is 46.8 Å². The summed E-state index contributed by atoms with van der Waals surface area (Å²) >= 11 is 0. The van der Waals surface area contributed by atoms with E-state index in [0.29, 0.717) is 12.5 Å². The Bertz CT molecular complexity index is 724. The zero-order valence-electron chi connectivity index (χ0n) is 13.9. The van der Waals surface area contributed by atoms with E-state index in [4.69, 9.17) is 5.11 Å². The highest BCUT2D eigenvalue weighted by atomic mass is 16.4. The van der Waals surface area contributed by atoms with E-state index in [1.54, 1.807) is 24.3 Å². The van der Waals surface area contributed by atoms with E-state index in [0.717, 1.165) is 24.0 Å². The van der Waals surface area contributed by atoms with Crippen molar-refractivity contribution in [2.45, 2.75) is 31.8 Å². The van der Waals surface area contributed by atoms with Crippen LogP contribution in [0.15, 0.2) is 54.6 Å². The molecular formula is C20H22N2O3. The quantitative estimate of drug-likeness (QED) is 0.751. The third-order valence-corrected chi connectivity index (χ3v) is 4.72. The molecule has 1 fully saturated rings. The summed E-state index contributed by atoms with van der Waals surface area (Å²) in [5.41, 5.74) is 2.23. The van der Waals surface area contributed by atoms with Gasteiger partial charge in [0.15, 0.2) is 0 Å². The van der Waals surface area contributed by atoms with Gasteiger partial charge in [-0.2, -0.15) is 0 Å². The number of nitrogens with one attached hydrogen (secondary N) is 2. The van der Waals surface area contributed by atoms with E-state index in [2.05, 4.69) is 10.6 Å². The van der Waals surface area contributed by atoms with Crippen LogP contribution < -0.4 is 10.6 Å². The van der Waals surface area contributed by atoms with Gasteiger partial charge in [-0.1, -0.05) is 48.9 Å². The highest BCUT2D eigenvalue weighted by molar-refractivity contribution is 5.87. The van der Waals surface area contributed by atoms with Crippen LogP contribution in [0, 0.1) is 5.92 Å². The highest BCUT2D eigenvalue weighted by Crippen LogP contribution is 2.37. The molecule has 0 heterocycles. The van der Waals surface area contributed by atoms with E-state index < -0.39 is 5.97 Å². The third-order valence-electron chi connectivity index (χ3n) is 4.72. The number of hydrogen-bond acceptors (Lipinski definition) is 2. The van der Waals surface area contributed by atoms with Crippen molar-refractivity contribution in [3.05, 3.63) is 71.3 Å². The van der Waals surface area contributed by atoms with Crippen molar-refractivity contribution in [3.63, 3.8) is 0 Å². The van der Waals surface area contributed by atoms with Gasteiger partial charge in [-0.15, -0.1) is 0 Å². The predicted octanol–water partition coefficient (Wildman–Crippen LogP) is 3.73. The minimum Gasteiger partial charge on any atom is -0.478 e. The Morgan fingerprint density at radius 2 is 1.72 bits per heavy atom. The summed E-state index contributed by atoms with van der Waals surface area (Å²) in [6.07, 6.45) is 3.49. The minimum absolute atomic E-state index is 0.0318. The number of rotatable bonds is 6. The number of benzene rings is 2. The summed E-state index contributed by atoms with van der Waals surface area (Å²) in [7, 11) is 0. The Kier molecular flexibility index (Phi) is 5.33. The standard InChI is InChI=1S/C20H22N2O3/c23-19(24)17-11-9-14(10-12-17)13-21-20(25)22-18(16-7-4-8-16)15-5-2-1-3-6-15/h1-3,5-6,9-12,16,18H,4,7-8,13H2,(H,23,24)(H2,21,22,25). The maximum absolute atomic E-state index is 12.3. The Hall–Kier alpha value is -2.82. The summed E-state index contributed by atoms with van der Waals surface area (Å²) in [5.74, 6) is -0.466. The van der Waals surface area contributed by atoms with Gasteiger partial charge in [0, 0.05) is 6.54 Å². The molecule has 1 aliphatic rings. The second-order valence-corrected chi connectivity index (χ2v) is 6.41. The van der Waals surface area contributed by atoms with Crippen molar-refractivity contribution in [2.75, 3.05) is 0 Å². The lowest BCUT2D eigenvalue weighted by molar-refractivity contribution is 0.0697. The van der Waals surface area contributed by atoms with Crippen molar-refractivity contribution in [1.82, 2.24) is 10.6 Å². The van der Waals surface area contributed by atoms with Crippen molar-refractivity contribution in [1.29, 1.82) is 0 Å². The molecule has 2 amide bonds. The first-order valence-corrected chi connectivity index (χ1v) is 8.55.